The number of aromatic nitrogens is 1. The van der Waals surface area contributed by atoms with E-state index >= 15 is 0 Å². The lowest BCUT2D eigenvalue weighted by Crippen LogP contribution is -2.85. The van der Waals surface area contributed by atoms with Crippen LogP contribution in [0.3, 0.4) is 0 Å². The summed E-state index contributed by atoms with van der Waals surface area (Å²) in [5.74, 6) is -10.0. The summed E-state index contributed by atoms with van der Waals surface area (Å²) in [6.07, 6.45) is 2.76. The van der Waals surface area contributed by atoms with Crippen molar-refractivity contribution in [2.45, 2.75) is 36.5 Å². The van der Waals surface area contributed by atoms with Crippen LogP contribution in [0.25, 0.3) is 11.1 Å². The molecule has 2 saturated carbocycles. The van der Waals surface area contributed by atoms with Gasteiger partial charge in [-0.05, 0) is 67.4 Å². The van der Waals surface area contributed by atoms with E-state index in [1.165, 1.54) is 25.1 Å². The quantitative estimate of drug-likeness (QED) is 0.233. The lowest BCUT2D eigenvalue weighted by molar-refractivity contribution is -0.166. The van der Waals surface area contributed by atoms with Crippen molar-refractivity contribution in [3.8, 4) is 22.9 Å². The average Bonchev–Trinajstić information content (AvgIpc) is 3.00. The lowest BCUT2D eigenvalue weighted by atomic mass is 9.42. The summed E-state index contributed by atoms with van der Waals surface area (Å²) in [5, 5.41) is 24.8. The van der Waals surface area contributed by atoms with E-state index in [9.17, 15) is 34.3 Å². The molecule has 6 rings (SSSR count). The molecule has 0 saturated heterocycles. The number of carbonyl (C=O) groups excluding carboxylic acids is 5. The number of hydrogen-bond donors (Lipinski definition) is 5. The normalized spacial score (nSPS) is 29.8. The fourth-order valence-corrected chi connectivity index (χ4v) is 7.95. The molecule has 2 unspecified atom stereocenters. The zero-order valence-electron chi connectivity index (χ0n) is 25.7. The van der Waals surface area contributed by atoms with Gasteiger partial charge in [0.2, 0.25) is 5.91 Å². The van der Waals surface area contributed by atoms with Gasteiger partial charge in [0, 0.05) is 24.5 Å². The van der Waals surface area contributed by atoms with Crippen molar-refractivity contribution in [3.05, 3.63) is 77.6 Å². The Kier molecular flexibility index (Phi) is 7.35. The number of nitrogens with two attached hydrogens (primary N) is 3. The molecule has 1 heterocycles. The Morgan fingerprint density at radius 2 is 1.79 bits per heavy atom. The Morgan fingerprint density at radius 1 is 1.09 bits per heavy atom. The molecular weight excluding hydrogens is 602 g/mol. The van der Waals surface area contributed by atoms with Crippen LogP contribution in [0.15, 0.2) is 60.9 Å². The van der Waals surface area contributed by atoms with Crippen molar-refractivity contribution in [2.24, 2.45) is 34.5 Å². The summed E-state index contributed by atoms with van der Waals surface area (Å²) in [7, 11) is 2.92. The number of amides is 1. The summed E-state index contributed by atoms with van der Waals surface area (Å²) in [5.41, 5.74) is 15.8. The van der Waals surface area contributed by atoms with Crippen molar-refractivity contribution in [3.63, 3.8) is 0 Å². The number of primary amides is 1. The molecule has 0 aliphatic heterocycles. The highest BCUT2D eigenvalue weighted by molar-refractivity contribution is 6.33. The number of benzene rings is 2. The van der Waals surface area contributed by atoms with Gasteiger partial charge in [0.1, 0.15) is 11.7 Å². The first-order chi connectivity index (χ1) is 22.2. The summed E-state index contributed by atoms with van der Waals surface area (Å²) in [6.45, 7) is 0.522. The fraction of sp³-hybridized carbons (Fsp3) is 0.324. The third kappa shape index (κ3) is 4.40. The van der Waals surface area contributed by atoms with Gasteiger partial charge in [0.15, 0.2) is 34.5 Å². The first kappa shape index (κ1) is 31.7. The maximum absolute atomic E-state index is 14.5. The molecule has 6 atom stereocenters. The van der Waals surface area contributed by atoms with Crippen LogP contribution < -0.4 is 22.5 Å². The Labute approximate surface area is 269 Å². The fourth-order valence-electron chi connectivity index (χ4n) is 7.95. The van der Waals surface area contributed by atoms with Crippen LogP contribution in [0.4, 0.5) is 5.69 Å². The second-order valence-corrected chi connectivity index (χ2v) is 12.9. The molecule has 0 bridgehead atoms. The number of likely N-dealkylation sites (N-methyl/N-ethyl adjacent to an activating group) is 1. The number of phenolic OH excluding ortho intramolecular Hbond substituents is 1. The third-order valence-electron chi connectivity index (χ3n) is 9.90. The lowest BCUT2D eigenvalue weighted by Gasteiger charge is -2.60. The maximum Gasteiger partial charge on any atom is 0.235 e. The monoisotopic (exact) mass is 635 g/mol. The minimum Gasteiger partial charge on any atom is -0.507 e. The van der Waals surface area contributed by atoms with E-state index in [4.69, 9.17) is 17.2 Å². The molecule has 3 aliphatic carbocycles. The van der Waals surface area contributed by atoms with Crippen molar-refractivity contribution < 1.29 is 29.1 Å². The Balaban J connectivity index is 1.44. The average molecular weight is 636 g/mol. The van der Waals surface area contributed by atoms with Crippen LogP contribution in [0.1, 0.15) is 27.9 Å². The molecule has 3 aromatic rings. The predicted molar refractivity (Wildman–Crippen MR) is 168 cm³/mol. The highest BCUT2D eigenvalue weighted by Crippen LogP contribution is 2.57. The highest BCUT2D eigenvalue weighted by Gasteiger charge is 2.78. The minimum atomic E-state index is -2.79. The molecule has 240 valence electrons. The van der Waals surface area contributed by atoms with E-state index in [1.54, 1.807) is 24.5 Å². The van der Waals surface area contributed by atoms with Crippen molar-refractivity contribution >= 4 is 34.7 Å². The smallest absolute Gasteiger partial charge is 0.235 e. The maximum atomic E-state index is 14.5. The van der Waals surface area contributed by atoms with Crippen molar-refractivity contribution in [1.82, 2.24) is 9.88 Å². The van der Waals surface area contributed by atoms with Gasteiger partial charge in [0.25, 0.3) is 0 Å². The van der Waals surface area contributed by atoms with E-state index in [-0.39, 0.29) is 12.0 Å². The number of fused-ring (bicyclic) bond motifs is 3. The van der Waals surface area contributed by atoms with Crippen molar-refractivity contribution in [2.75, 3.05) is 19.4 Å². The Morgan fingerprint density at radius 3 is 2.38 bits per heavy atom. The van der Waals surface area contributed by atoms with Crippen LogP contribution >= 0.6 is 0 Å². The molecule has 13 nitrogen and oxygen atoms in total. The SMILES string of the molecule is CN(C)[C@@H]1C(=O)C(C(N)=O)C(=O)[C@@]2(C#N)C(=O)C3C(=O)c4c(O)ccc(-c5ccc(CNc6cccnc6)cc5)c4C[C@@]3(N)C[C@@]12N. The predicted octanol–water partition coefficient (Wildman–Crippen LogP) is 0.483. The first-order valence-electron chi connectivity index (χ1n) is 14.9. The summed E-state index contributed by atoms with van der Waals surface area (Å²) in [4.78, 5) is 74.0. The summed E-state index contributed by atoms with van der Waals surface area (Å²) in [6, 6.07) is 14.5. The van der Waals surface area contributed by atoms with E-state index < -0.39 is 75.6 Å². The molecule has 2 fully saturated rings. The van der Waals surface area contributed by atoms with Gasteiger partial charge in [-0.15, -0.1) is 0 Å². The number of nitriles is 1. The molecular formula is C34H33N7O6. The molecule has 8 N–H and O–H groups in total. The van der Waals surface area contributed by atoms with Crippen LogP contribution in [0, 0.1) is 28.6 Å². The number of ketones is 4. The van der Waals surface area contributed by atoms with Gasteiger partial charge >= 0.3 is 0 Å². The van der Waals surface area contributed by atoms with Crippen LogP contribution in [0.5, 0.6) is 5.75 Å². The van der Waals surface area contributed by atoms with Crippen LogP contribution in [-0.4, -0.2) is 75.2 Å². The molecule has 1 amide bonds. The number of rotatable bonds is 6. The first-order valence-corrected chi connectivity index (χ1v) is 14.9. The van der Waals surface area contributed by atoms with Gasteiger partial charge in [-0.25, -0.2) is 0 Å². The molecule has 13 heteroatoms. The molecule has 47 heavy (non-hydrogen) atoms. The number of anilines is 1. The number of carbonyl (C=O) groups is 5. The molecule has 2 aromatic carbocycles. The van der Waals surface area contributed by atoms with E-state index in [2.05, 4.69) is 10.3 Å². The standard InChI is InChI=1S/C34H33N7O6/c1-41(2)28-27(44)24(31(36)47)29(45)33(16-35)30(46)25-26(43)23-21(12-32(25,37)15-34(28,33)38)20(9-10-22(23)42)18-7-5-17(6-8-18)13-40-19-4-3-11-39-14-19/h3-11,14,24-25,28,40,42H,12-13,15,37-38H2,1-2H3,(H2,36,47)/t24?,25?,28-,32-,33+,34-/m1/s1. The number of pyridine rings is 1. The van der Waals surface area contributed by atoms with Crippen LogP contribution in [0.2, 0.25) is 0 Å². The summed E-state index contributed by atoms with van der Waals surface area (Å²) < 4.78 is 0. The van der Waals surface area contributed by atoms with Crippen LogP contribution in [-0.2, 0) is 32.1 Å². The van der Waals surface area contributed by atoms with E-state index in [1.807, 2.05) is 36.4 Å². The summed E-state index contributed by atoms with van der Waals surface area (Å²) >= 11 is 0. The Bertz CT molecular complexity index is 1910. The van der Waals surface area contributed by atoms with Gasteiger partial charge in [-0.1, -0.05) is 30.3 Å². The number of Topliss-reactive ketones (excluding diaryl/α,β-unsaturated/α-hetero) is 4. The second kappa shape index (κ2) is 10.9. The number of aromatic hydroxyl groups is 1. The molecule has 1 aromatic heterocycles. The highest BCUT2D eigenvalue weighted by atomic mass is 16.3. The number of nitrogens with zero attached hydrogens (tertiary/aromatic N) is 3. The van der Waals surface area contributed by atoms with Gasteiger partial charge in [-0.2, -0.15) is 5.26 Å². The number of hydrogen-bond acceptors (Lipinski definition) is 12. The van der Waals surface area contributed by atoms with Gasteiger partial charge in [0.05, 0.1) is 28.9 Å². The largest absolute Gasteiger partial charge is 0.507 e. The molecule has 0 spiro atoms. The van der Waals surface area contributed by atoms with E-state index in [0.717, 1.165) is 11.3 Å². The zero-order valence-corrected chi connectivity index (χ0v) is 25.7. The number of phenols is 1. The Hall–Kier alpha value is -5.29. The zero-order chi connectivity index (χ0) is 34.1. The molecule has 0 radical (unpaired) electrons. The van der Waals surface area contributed by atoms with E-state index in [0.29, 0.717) is 23.2 Å². The van der Waals surface area contributed by atoms with Gasteiger partial charge in [-0.3, -0.25) is 33.9 Å². The molecule has 3 aliphatic rings. The second-order valence-electron chi connectivity index (χ2n) is 12.9. The third-order valence-corrected chi connectivity index (χ3v) is 9.90. The van der Waals surface area contributed by atoms with Gasteiger partial charge < -0.3 is 27.6 Å². The topological polar surface area (TPSA) is 236 Å². The number of nitrogens with one attached hydrogen (secondary N) is 1. The van der Waals surface area contributed by atoms with Crippen molar-refractivity contribution in [1.29, 1.82) is 5.26 Å². The minimum absolute atomic E-state index is 0.152.